The second-order valence-corrected chi connectivity index (χ2v) is 4.33. The van der Waals surface area contributed by atoms with E-state index in [-0.39, 0.29) is 12.2 Å². The van der Waals surface area contributed by atoms with Gasteiger partial charge in [0.05, 0.1) is 12.5 Å². The maximum atomic E-state index is 11.7. The Bertz CT molecular complexity index is 401. The van der Waals surface area contributed by atoms with E-state index >= 15 is 0 Å². The summed E-state index contributed by atoms with van der Waals surface area (Å²) in [5.74, 6) is -0.0766. The molecular weight excluding hydrogens is 210 g/mol. The van der Waals surface area contributed by atoms with Gasteiger partial charge in [-0.2, -0.15) is 5.26 Å². The van der Waals surface area contributed by atoms with Gasteiger partial charge in [-0.1, -0.05) is 23.7 Å². The number of Topliss-reactive ketones (excluding diaryl/α,β-unsaturated/α-hetero) is 1. The molecule has 1 rings (SSSR count). The normalized spacial score (nSPS) is 10.8. The monoisotopic (exact) mass is 221 g/mol. The van der Waals surface area contributed by atoms with Crippen LogP contribution in [0.1, 0.15) is 25.8 Å². The highest BCUT2D eigenvalue weighted by atomic mass is 35.5. The lowest BCUT2D eigenvalue weighted by molar-refractivity contribution is -0.122. The molecule has 0 aliphatic carbocycles. The number of rotatable bonds is 3. The molecule has 2 nitrogen and oxygen atoms in total. The minimum absolute atomic E-state index is 0.0599. The first-order valence-corrected chi connectivity index (χ1v) is 5.02. The Morgan fingerprint density at radius 3 is 2.40 bits per heavy atom. The van der Waals surface area contributed by atoms with Crippen molar-refractivity contribution in [2.24, 2.45) is 0 Å². The number of nitriles is 1. The summed E-state index contributed by atoms with van der Waals surface area (Å²) < 4.78 is 0. The zero-order chi connectivity index (χ0) is 11.5. The molecule has 0 fully saturated rings. The Labute approximate surface area is 94.5 Å². The minimum Gasteiger partial charge on any atom is -0.298 e. The Kier molecular flexibility index (Phi) is 3.49. The van der Waals surface area contributed by atoms with Crippen molar-refractivity contribution < 1.29 is 4.79 Å². The van der Waals surface area contributed by atoms with Gasteiger partial charge in [0, 0.05) is 10.4 Å². The van der Waals surface area contributed by atoms with Crippen LogP contribution in [0.5, 0.6) is 0 Å². The molecule has 0 saturated heterocycles. The van der Waals surface area contributed by atoms with Crippen molar-refractivity contribution in [2.75, 3.05) is 0 Å². The van der Waals surface area contributed by atoms with Crippen LogP contribution in [-0.4, -0.2) is 5.78 Å². The fourth-order valence-electron chi connectivity index (χ4n) is 1.32. The van der Waals surface area contributed by atoms with Gasteiger partial charge in [0.2, 0.25) is 0 Å². The third-order valence-corrected chi connectivity index (χ3v) is 2.75. The zero-order valence-corrected chi connectivity index (χ0v) is 9.51. The van der Waals surface area contributed by atoms with E-state index in [1.54, 1.807) is 12.1 Å². The van der Waals surface area contributed by atoms with Crippen molar-refractivity contribution in [1.29, 1.82) is 5.26 Å². The van der Waals surface area contributed by atoms with Crippen LogP contribution in [0.25, 0.3) is 0 Å². The summed E-state index contributed by atoms with van der Waals surface area (Å²) >= 11 is 5.77. The van der Waals surface area contributed by atoms with Crippen molar-refractivity contribution in [3.05, 3.63) is 34.9 Å². The number of hydrogen-bond acceptors (Lipinski definition) is 2. The smallest absolute Gasteiger partial charge is 0.156 e. The lowest BCUT2D eigenvalue weighted by atomic mass is 9.79. The molecule has 3 heteroatoms. The van der Waals surface area contributed by atoms with Crippen molar-refractivity contribution in [3.63, 3.8) is 0 Å². The van der Waals surface area contributed by atoms with E-state index in [1.807, 2.05) is 32.0 Å². The van der Waals surface area contributed by atoms with Gasteiger partial charge in [-0.05, 0) is 31.5 Å². The number of nitrogens with zero attached hydrogens (tertiary/aromatic N) is 1. The average Bonchev–Trinajstić information content (AvgIpc) is 2.18. The third-order valence-electron chi connectivity index (χ3n) is 2.50. The van der Waals surface area contributed by atoms with Crippen molar-refractivity contribution in [2.45, 2.75) is 25.7 Å². The largest absolute Gasteiger partial charge is 0.298 e. The minimum atomic E-state index is -0.625. The molecule has 0 heterocycles. The maximum Gasteiger partial charge on any atom is 0.156 e. The van der Waals surface area contributed by atoms with Gasteiger partial charge in [-0.15, -0.1) is 0 Å². The first kappa shape index (κ1) is 11.7. The lowest BCUT2D eigenvalue weighted by Crippen LogP contribution is -2.28. The van der Waals surface area contributed by atoms with E-state index in [0.717, 1.165) is 5.56 Å². The standard InChI is InChI=1S/C12H12ClNO/c1-12(2,11(15)7-8-14)9-3-5-10(13)6-4-9/h3-6H,7H2,1-2H3. The highest BCUT2D eigenvalue weighted by Gasteiger charge is 2.28. The molecule has 0 bridgehead atoms. The molecule has 15 heavy (non-hydrogen) atoms. The Hall–Kier alpha value is -1.33. The Morgan fingerprint density at radius 2 is 1.93 bits per heavy atom. The summed E-state index contributed by atoms with van der Waals surface area (Å²) in [6.45, 7) is 3.63. The number of ketones is 1. The molecule has 0 spiro atoms. The SMILES string of the molecule is CC(C)(C(=O)CC#N)c1ccc(Cl)cc1. The molecule has 0 aliphatic rings. The van der Waals surface area contributed by atoms with Crippen LogP contribution in [-0.2, 0) is 10.2 Å². The van der Waals surface area contributed by atoms with Crippen molar-refractivity contribution >= 4 is 17.4 Å². The van der Waals surface area contributed by atoms with Crippen LogP contribution in [0.4, 0.5) is 0 Å². The summed E-state index contributed by atoms with van der Waals surface area (Å²) in [6.07, 6.45) is -0.0599. The molecular formula is C12H12ClNO. The molecule has 0 aromatic heterocycles. The van der Waals surface area contributed by atoms with E-state index in [1.165, 1.54) is 0 Å². The van der Waals surface area contributed by atoms with Crippen LogP contribution >= 0.6 is 11.6 Å². The second kappa shape index (κ2) is 4.46. The third kappa shape index (κ3) is 2.57. The van der Waals surface area contributed by atoms with E-state index in [2.05, 4.69) is 0 Å². The maximum absolute atomic E-state index is 11.7. The summed E-state index contributed by atoms with van der Waals surface area (Å²) in [5.41, 5.74) is 0.257. The van der Waals surface area contributed by atoms with Gasteiger partial charge < -0.3 is 0 Å². The van der Waals surface area contributed by atoms with E-state index in [9.17, 15) is 4.79 Å². The van der Waals surface area contributed by atoms with E-state index < -0.39 is 5.41 Å². The van der Waals surface area contributed by atoms with Crippen molar-refractivity contribution in [3.8, 4) is 6.07 Å². The quantitative estimate of drug-likeness (QED) is 0.787. The van der Waals surface area contributed by atoms with Crippen LogP contribution in [0.2, 0.25) is 5.02 Å². The first-order valence-electron chi connectivity index (χ1n) is 4.65. The molecule has 0 saturated carbocycles. The van der Waals surface area contributed by atoms with Gasteiger partial charge in [-0.25, -0.2) is 0 Å². The lowest BCUT2D eigenvalue weighted by Gasteiger charge is -2.22. The molecule has 0 amide bonds. The van der Waals surface area contributed by atoms with E-state index in [0.29, 0.717) is 5.02 Å². The van der Waals surface area contributed by atoms with Crippen molar-refractivity contribution in [1.82, 2.24) is 0 Å². The molecule has 1 aromatic carbocycles. The topological polar surface area (TPSA) is 40.9 Å². The predicted molar refractivity (Wildman–Crippen MR) is 59.7 cm³/mol. The summed E-state index contributed by atoms with van der Waals surface area (Å²) in [4.78, 5) is 11.7. The first-order chi connectivity index (χ1) is 6.98. The molecule has 0 radical (unpaired) electrons. The summed E-state index contributed by atoms with van der Waals surface area (Å²) in [5, 5.41) is 9.14. The predicted octanol–water partition coefficient (Wildman–Crippen LogP) is 3.10. The zero-order valence-electron chi connectivity index (χ0n) is 8.75. The number of carbonyl (C=O) groups excluding carboxylic acids is 1. The van der Waals surface area contributed by atoms with Gasteiger partial charge in [0.25, 0.3) is 0 Å². The van der Waals surface area contributed by atoms with Crippen LogP contribution in [0, 0.1) is 11.3 Å². The second-order valence-electron chi connectivity index (χ2n) is 3.89. The van der Waals surface area contributed by atoms with Crippen LogP contribution < -0.4 is 0 Å². The fourth-order valence-corrected chi connectivity index (χ4v) is 1.45. The van der Waals surface area contributed by atoms with E-state index in [4.69, 9.17) is 16.9 Å². The molecule has 1 aromatic rings. The number of halogens is 1. The highest BCUT2D eigenvalue weighted by molar-refractivity contribution is 6.30. The molecule has 0 N–H and O–H groups in total. The Balaban J connectivity index is 3.01. The average molecular weight is 222 g/mol. The fraction of sp³-hybridized carbons (Fsp3) is 0.333. The van der Waals surface area contributed by atoms with Gasteiger partial charge in [0.15, 0.2) is 5.78 Å². The summed E-state index contributed by atoms with van der Waals surface area (Å²) in [7, 11) is 0. The van der Waals surface area contributed by atoms with Gasteiger partial charge in [0.1, 0.15) is 0 Å². The Morgan fingerprint density at radius 1 is 1.40 bits per heavy atom. The van der Waals surface area contributed by atoms with Gasteiger partial charge >= 0.3 is 0 Å². The molecule has 0 aliphatic heterocycles. The van der Waals surface area contributed by atoms with Crippen LogP contribution in [0.15, 0.2) is 24.3 Å². The molecule has 0 atom stereocenters. The molecule has 78 valence electrons. The van der Waals surface area contributed by atoms with Crippen LogP contribution in [0.3, 0.4) is 0 Å². The molecule has 0 unspecified atom stereocenters. The summed E-state index contributed by atoms with van der Waals surface area (Å²) in [6, 6.07) is 9.01. The number of benzene rings is 1. The number of hydrogen-bond donors (Lipinski definition) is 0. The van der Waals surface area contributed by atoms with Gasteiger partial charge in [-0.3, -0.25) is 4.79 Å². The highest BCUT2D eigenvalue weighted by Crippen LogP contribution is 2.26. The number of carbonyl (C=O) groups is 1.